The first-order valence-electron chi connectivity index (χ1n) is 6.01. The summed E-state index contributed by atoms with van der Waals surface area (Å²) in [4.78, 5) is 13.8. The van der Waals surface area contributed by atoms with Gasteiger partial charge in [-0.1, -0.05) is 6.92 Å². The summed E-state index contributed by atoms with van der Waals surface area (Å²) in [6, 6.07) is 2.07. The molecule has 0 spiro atoms. The molecule has 1 atom stereocenters. The first-order valence-corrected chi connectivity index (χ1v) is 6.01. The van der Waals surface area contributed by atoms with Gasteiger partial charge in [0.1, 0.15) is 0 Å². The Kier molecular flexibility index (Phi) is 4.91. The van der Waals surface area contributed by atoms with Gasteiger partial charge in [-0.15, -0.1) is 0 Å². The van der Waals surface area contributed by atoms with E-state index in [-0.39, 0.29) is 11.4 Å². The lowest BCUT2D eigenvalue weighted by Gasteiger charge is -2.31. The molecule has 1 saturated heterocycles. The predicted molar refractivity (Wildman–Crippen MR) is 64.3 cm³/mol. The number of ether oxygens (including phenoxy) is 1. The molecule has 1 N–H and O–H groups in total. The molecule has 0 radical (unpaired) electrons. The molecule has 96 valence electrons. The SMILES string of the molecule is CCC(C)(C)NC(=O)CN1CCOC(C#N)C1. The van der Waals surface area contributed by atoms with Gasteiger partial charge in [0.25, 0.3) is 0 Å². The molecule has 0 aliphatic carbocycles. The van der Waals surface area contributed by atoms with Gasteiger partial charge in [-0.2, -0.15) is 5.26 Å². The summed E-state index contributed by atoms with van der Waals surface area (Å²) < 4.78 is 5.23. The Balaban J connectivity index is 2.39. The lowest BCUT2D eigenvalue weighted by Crippen LogP contribution is -2.50. The Bertz CT molecular complexity index is 309. The molecular weight excluding hydrogens is 218 g/mol. The van der Waals surface area contributed by atoms with Crippen molar-refractivity contribution in [3.63, 3.8) is 0 Å². The third kappa shape index (κ3) is 4.72. The van der Waals surface area contributed by atoms with Crippen molar-refractivity contribution in [2.24, 2.45) is 0 Å². The fraction of sp³-hybridized carbons (Fsp3) is 0.833. The molecule has 1 fully saturated rings. The summed E-state index contributed by atoms with van der Waals surface area (Å²) in [5, 5.41) is 11.7. The quantitative estimate of drug-likeness (QED) is 0.776. The summed E-state index contributed by atoms with van der Waals surface area (Å²) in [6.45, 7) is 8.12. The van der Waals surface area contributed by atoms with Crippen molar-refractivity contribution in [2.45, 2.75) is 38.8 Å². The maximum Gasteiger partial charge on any atom is 0.234 e. The second kappa shape index (κ2) is 5.99. The molecule has 0 aromatic carbocycles. The minimum absolute atomic E-state index is 0.00967. The van der Waals surface area contributed by atoms with Crippen molar-refractivity contribution in [1.82, 2.24) is 10.2 Å². The first-order chi connectivity index (χ1) is 7.96. The van der Waals surface area contributed by atoms with Gasteiger partial charge in [-0.3, -0.25) is 9.69 Å². The second-order valence-corrected chi connectivity index (χ2v) is 5.01. The van der Waals surface area contributed by atoms with Crippen LogP contribution in [0.25, 0.3) is 0 Å². The van der Waals surface area contributed by atoms with E-state index in [1.165, 1.54) is 0 Å². The zero-order valence-electron chi connectivity index (χ0n) is 10.8. The smallest absolute Gasteiger partial charge is 0.234 e. The fourth-order valence-electron chi connectivity index (χ4n) is 1.63. The van der Waals surface area contributed by atoms with Gasteiger partial charge in [-0.25, -0.2) is 0 Å². The van der Waals surface area contributed by atoms with E-state index >= 15 is 0 Å². The van der Waals surface area contributed by atoms with E-state index in [0.717, 1.165) is 6.42 Å². The topological polar surface area (TPSA) is 65.4 Å². The van der Waals surface area contributed by atoms with Crippen molar-refractivity contribution < 1.29 is 9.53 Å². The largest absolute Gasteiger partial charge is 0.361 e. The van der Waals surface area contributed by atoms with Crippen LogP contribution in [0.5, 0.6) is 0 Å². The Morgan fingerprint density at radius 3 is 2.94 bits per heavy atom. The van der Waals surface area contributed by atoms with Crippen LogP contribution in [0.2, 0.25) is 0 Å². The molecule has 17 heavy (non-hydrogen) atoms. The third-order valence-corrected chi connectivity index (χ3v) is 3.02. The lowest BCUT2D eigenvalue weighted by molar-refractivity contribution is -0.125. The van der Waals surface area contributed by atoms with Gasteiger partial charge in [0, 0.05) is 18.6 Å². The zero-order valence-corrected chi connectivity index (χ0v) is 10.8. The maximum absolute atomic E-state index is 11.8. The molecule has 1 rings (SSSR count). The monoisotopic (exact) mass is 239 g/mol. The van der Waals surface area contributed by atoms with Gasteiger partial charge < -0.3 is 10.1 Å². The fourth-order valence-corrected chi connectivity index (χ4v) is 1.63. The van der Waals surface area contributed by atoms with Crippen molar-refractivity contribution in [1.29, 1.82) is 5.26 Å². The lowest BCUT2D eigenvalue weighted by atomic mass is 10.0. The van der Waals surface area contributed by atoms with Crippen molar-refractivity contribution in [3.05, 3.63) is 0 Å². The van der Waals surface area contributed by atoms with Crippen LogP contribution >= 0.6 is 0 Å². The summed E-state index contributed by atoms with van der Waals surface area (Å²) >= 11 is 0. The molecule has 1 heterocycles. The normalized spacial score (nSPS) is 21.9. The van der Waals surface area contributed by atoms with Gasteiger partial charge in [0.2, 0.25) is 5.91 Å². The third-order valence-electron chi connectivity index (χ3n) is 3.02. The van der Waals surface area contributed by atoms with Gasteiger partial charge in [-0.05, 0) is 20.3 Å². The van der Waals surface area contributed by atoms with E-state index in [1.807, 2.05) is 25.7 Å². The summed E-state index contributed by atoms with van der Waals surface area (Å²) in [6.07, 6.45) is 0.485. The van der Waals surface area contributed by atoms with E-state index in [9.17, 15) is 4.79 Å². The average molecular weight is 239 g/mol. The maximum atomic E-state index is 11.8. The van der Waals surface area contributed by atoms with Crippen LogP contribution in [-0.2, 0) is 9.53 Å². The number of carbonyl (C=O) groups excluding carboxylic acids is 1. The summed E-state index contributed by atoms with van der Waals surface area (Å²) in [5.41, 5.74) is -0.169. The number of rotatable bonds is 4. The number of carbonyl (C=O) groups is 1. The van der Waals surface area contributed by atoms with Gasteiger partial charge in [0.05, 0.1) is 19.2 Å². The van der Waals surface area contributed by atoms with E-state index in [1.54, 1.807) is 0 Å². The van der Waals surface area contributed by atoms with Crippen molar-refractivity contribution in [3.8, 4) is 6.07 Å². The van der Waals surface area contributed by atoms with Gasteiger partial charge >= 0.3 is 0 Å². The molecule has 5 nitrogen and oxygen atoms in total. The first kappa shape index (κ1) is 13.9. The van der Waals surface area contributed by atoms with Crippen LogP contribution in [-0.4, -0.2) is 48.7 Å². The van der Waals surface area contributed by atoms with E-state index in [0.29, 0.717) is 26.2 Å². The number of morpholine rings is 1. The molecule has 0 saturated carbocycles. The molecule has 1 amide bonds. The van der Waals surface area contributed by atoms with Crippen LogP contribution < -0.4 is 5.32 Å². The molecular formula is C12H21N3O2. The Hall–Kier alpha value is -1.12. The Morgan fingerprint density at radius 2 is 2.35 bits per heavy atom. The number of hydrogen-bond donors (Lipinski definition) is 1. The van der Waals surface area contributed by atoms with Crippen LogP contribution in [0.3, 0.4) is 0 Å². The van der Waals surface area contributed by atoms with Crippen LogP contribution in [0.15, 0.2) is 0 Å². The zero-order chi connectivity index (χ0) is 12.9. The van der Waals surface area contributed by atoms with Crippen molar-refractivity contribution >= 4 is 5.91 Å². The molecule has 0 bridgehead atoms. The number of nitriles is 1. The standard InChI is InChI=1S/C12H21N3O2/c1-4-12(2,3)14-11(16)9-15-5-6-17-10(7-13)8-15/h10H,4-6,8-9H2,1-3H3,(H,14,16). The molecule has 1 aliphatic heterocycles. The number of amides is 1. The highest BCUT2D eigenvalue weighted by Crippen LogP contribution is 2.08. The molecule has 1 aliphatic rings. The number of hydrogen-bond acceptors (Lipinski definition) is 4. The minimum Gasteiger partial charge on any atom is -0.361 e. The number of nitrogens with zero attached hydrogens (tertiary/aromatic N) is 2. The molecule has 1 unspecified atom stereocenters. The highest BCUT2D eigenvalue weighted by molar-refractivity contribution is 5.78. The predicted octanol–water partition coefficient (Wildman–Crippen LogP) is 0.516. The van der Waals surface area contributed by atoms with E-state index in [2.05, 4.69) is 11.4 Å². The molecule has 0 aromatic heterocycles. The van der Waals surface area contributed by atoms with Crippen molar-refractivity contribution in [2.75, 3.05) is 26.2 Å². The summed E-state index contributed by atoms with van der Waals surface area (Å²) in [7, 11) is 0. The average Bonchev–Trinajstić information content (AvgIpc) is 2.28. The molecule has 5 heteroatoms. The summed E-state index contributed by atoms with van der Waals surface area (Å²) in [5.74, 6) is 0.00967. The minimum atomic E-state index is -0.407. The van der Waals surface area contributed by atoms with Crippen LogP contribution in [0.1, 0.15) is 27.2 Å². The second-order valence-electron chi connectivity index (χ2n) is 5.01. The number of nitrogens with one attached hydrogen (secondary N) is 1. The Morgan fingerprint density at radius 1 is 1.65 bits per heavy atom. The van der Waals surface area contributed by atoms with E-state index in [4.69, 9.17) is 10.00 Å². The van der Waals surface area contributed by atoms with Gasteiger partial charge in [0.15, 0.2) is 6.10 Å². The highest BCUT2D eigenvalue weighted by atomic mass is 16.5. The highest BCUT2D eigenvalue weighted by Gasteiger charge is 2.24. The van der Waals surface area contributed by atoms with E-state index < -0.39 is 6.10 Å². The van der Waals surface area contributed by atoms with Crippen LogP contribution in [0.4, 0.5) is 0 Å². The molecule has 0 aromatic rings. The van der Waals surface area contributed by atoms with Crippen LogP contribution in [0, 0.1) is 11.3 Å². The Labute approximate surface area is 103 Å².